The van der Waals surface area contributed by atoms with Crippen molar-refractivity contribution in [2.24, 2.45) is 5.73 Å². The lowest BCUT2D eigenvalue weighted by molar-refractivity contribution is 0.0490. The molecule has 0 aliphatic carbocycles. The summed E-state index contributed by atoms with van der Waals surface area (Å²) in [5, 5.41) is 0. The number of nitrogens with two attached hydrogens (primary N) is 1. The van der Waals surface area contributed by atoms with Gasteiger partial charge in [-0.25, -0.2) is 0 Å². The summed E-state index contributed by atoms with van der Waals surface area (Å²) >= 11 is 0. The second kappa shape index (κ2) is 4.52. The molecule has 1 atom stereocenters. The first-order chi connectivity index (χ1) is 7.60. The third kappa shape index (κ3) is 2.25. The van der Waals surface area contributed by atoms with Gasteiger partial charge in [0.15, 0.2) is 0 Å². The van der Waals surface area contributed by atoms with Crippen molar-refractivity contribution in [1.29, 1.82) is 0 Å². The monoisotopic (exact) mass is 219 g/mol. The molecule has 2 rings (SSSR count). The maximum absolute atomic E-state index is 6.19. The number of nitrogens with zero attached hydrogens (tertiary/aromatic N) is 2. The van der Waals surface area contributed by atoms with E-state index in [1.807, 2.05) is 18.3 Å². The minimum atomic E-state index is 0.0791. The number of hydrogen-bond donors (Lipinski definition) is 1. The Balaban J connectivity index is 2.09. The molecule has 88 valence electrons. The summed E-state index contributed by atoms with van der Waals surface area (Å²) in [6.45, 7) is 6.50. The van der Waals surface area contributed by atoms with Crippen LogP contribution in [-0.4, -0.2) is 28.0 Å². The molecule has 1 saturated heterocycles. The van der Waals surface area contributed by atoms with Crippen LogP contribution in [0.25, 0.3) is 0 Å². The maximum atomic E-state index is 6.19. The molecule has 3 nitrogen and oxygen atoms in total. The lowest BCUT2D eigenvalue weighted by Gasteiger charge is -2.46. The zero-order valence-electron chi connectivity index (χ0n) is 10.2. The van der Waals surface area contributed by atoms with Crippen LogP contribution in [0.15, 0.2) is 24.4 Å². The fourth-order valence-electron chi connectivity index (χ4n) is 2.35. The van der Waals surface area contributed by atoms with E-state index in [1.165, 1.54) is 6.42 Å². The van der Waals surface area contributed by atoms with Gasteiger partial charge in [-0.2, -0.15) is 0 Å². The zero-order chi connectivity index (χ0) is 11.6. The summed E-state index contributed by atoms with van der Waals surface area (Å²) in [4.78, 5) is 6.83. The fraction of sp³-hybridized carbons (Fsp3) is 0.615. The van der Waals surface area contributed by atoms with E-state index in [1.54, 1.807) is 0 Å². The predicted octanol–water partition coefficient (Wildman–Crippen LogP) is 1.78. The van der Waals surface area contributed by atoms with Crippen LogP contribution in [0.2, 0.25) is 0 Å². The number of likely N-dealkylation sites (tertiary alicyclic amines) is 1. The Morgan fingerprint density at radius 2 is 2.31 bits per heavy atom. The van der Waals surface area contributed by atoms with Crippen LogP contribution >= 0.6 is 0 Å². The molecule has 0 spiro atoms. The Bertz CT molecular complexity index is 334. The molecule has 1 fully saturated rings. The molecule has 3 heteroatoms. The van der Waals surface area contributed by atoms with Gasteiger partial charge in [0.2, 0.25) is 0 Å². The van der Waals surface area contributed by atoms with Crippen molar-refractivity contribution in [2.45, 2.75) is 44.8 Å². The van der Waals surface area contributed by atoms with Gasteiger partial charge in [-0.1, -0.05) is 6.07 Å². The number of piperidine rings is 1. The highest BCUT2D eigenvalue weighted by Gasteiger charge is 2.36. The molecule has 0 amide bonds. The molecule has 0 radical (unpaired) electrons. The van der Waals surface area contributed by atoms with Crippen LogP contribution < -0.4 is 5.73 Å². The maximum Gasteiger partial charge on any atom is 0.0544 e. The van der Waals surface area contributed by atoms with E-state index >= 15 is 0 Å². The fourth-order valence-corrected chi connectivity index (χ4v) is 2.35. The first kappa shape index (κ1) is 11.6. The van der Waals surface area contributed by atoms with Crippen LogP contribution in [-0.2, 0) is 6.54 Å². The second-order valence-corrected chi connectivity index (χ2v) is 5.15. The molecule has 1 aromatic rings. The van der Waals surface area contributed by atoms with Crippen LogP contribution in [0, 0.1) is 0 Å². The lowest BCUT2D eigenvalue weighted by Crippen LogP contribution is -2.59. The van der Waals surface area contributed by atoms with Gasteiger partial charge in [0.1, 0.15) is 0 Å². The molecular formula is C13H21N3. The van der Waals surface area contributed by atoms with E-state index in [9.17, 15) is 0 Å². The van der Waals surface area contributed by atoms with Gasteiger partial charge in [-0.05, 0) is 45.4 Å². The Hall–Kier alpha value is -0.930. The zero-order valence-corrected chi connectivity index (χ0v) is 10.2. The first-order valence-electron chi connectivity index (χ1n) is 6.01. The van der Waals surface area contributed by atoms with Gasteiger partial charge in [0.25, 0.3) is 0 Å². The van der Waals surface area contributed by atoms with Crippen molar-refractivity contribution < 1.29 is 0 Å². The highest BCUT2D eigenvalue weighted by Crippen LogP contribution is 2.27. The summed E-state index contributed by atoms with van der Waals surface area (Å²) in [6, 6.07) is 6.34. The standard InChI is InChI=1S/C13H21N3/c1-13(2)12(14)7-5-9-16(13)10-11-6-3-4-8-15-11/h3-4,6,8,12H,5,7,9-10,14H2,1-2H3. The summed E-state index contributed by atoms with van der Waals surface area (Å²) in [5.74, 6) is 0. The normalized spacial score (nSPS) is 25.6. The Labute approximate surface area is 97.7 Å². The van der Waals surface area contributed by atoms with Crippen LogP contribution in [0.4, 0.5) is 0 Å². The van der Waals surface area contributed by atoms with Crippen molar-refractivity contribution in [3.05, 3.63) is 30.1 Å². The minimum absolute atomic E-state index is 0.0791. The van der Waals surface area contributed by atoms with Gasteiger partial charge < -0.3 is 5.73 Å². The molecule has 1 unspecified atom stereocenters. The highest BCUT2D eigenvalue weighted by molar-refractivity contribution is 5.06. The molecule has 16 heavy (non-hydrogen) atoms. The average molecular weight is 219 g/mol. The first-order valence-corrected chi connectivity index (χ1v) is 6.01. The summed E-state index contributed by atoms with van der Waals surface area (Å²) in [5.41, 5.74) is 7.40. The third-order valence-corrected chi connectivity index (χ3v) is 3.74. The quantitative estimate of drug-likeness (QED) is 0.824. The van der Waals surface area contributed by atoms with Crippen LogP contribution in [0.3, 0.4) is 0 Å². The summed E-state index contributed by atoms with van der Waals surface area (Å²) < 4.78 is 0. The third-order valence-electron chi connectivity index (χ3n) is 3.74. The lowest BCUT2D eigenvalue weighted by atomic mass is 9.85. The summed E-state index contributed by atoms with van der Waals surface area (Å²) in [7, 11) is 0. The van der Waals surface area contributed by atoms with Crippen LogP contribution in [0.1, 0.15) is 32.4 Å². The van der Waals surface area contributed by atoms with Crippen molar-refractivity contribution >= 4 is 0 Å². The molecule has 0 aromatic carbocycles. The largest absolute Gasteiger partial charge is 0.326 e. The van der Waals surface area contributed by atoms with Gasteiger partial charge >= 0.3 is 0 Å². The van der Waals surface area contributed by atoms with E-state index in [4.69, 9.17) is 5.73 Å². The van der Waals surface area contributed by atoms with E-state index < -0.39 is 0 Å². The molecule has 0 bridgehead atoms. The Kier molecular flexibility index (Phi) is 3.26. The SMILES string of the molecule is CC1(C)C(N)CCCN1Cc1ccccn1. The topological polar surface area (TPSA) is 42.1 Å². The van der Waals surface area contributed by atoms with E-state index in [0.717, 1.165) is 25.2 Å². The van der Waals surface area contributed by atoms with Crippen LogP contribution in [0.5, 0.6) is 0 Å². The number of rotatable bonds is 2. The van der Waals surface area contributed by atoms with Gasteiger partial charge in [-0.15, -0.1) is 0 Å². The molecule has 1 aromatic heterocycles. The van der Waals surface area contributed by atoms with Crippen molar-refractivity contribution in [3.8, 4) is 0 Å². The average Bonchev–Trinajstić information content (AvgIpc) is 2.27. The molecular weight excluding hydrogens is 198 g/mol. The molecule has 1 aliphatic heterocycles. The minimum Gasteiger partial charge on any atom is -0.326 e. The molecule has 2 N–H and O–H groups in total. The predicted molar refractivity (Wildman–Crippen MR) is 65.9 cm³/mol. The van der Waals surface area contributed by atoms with E-state index in [0.29, 0.717) is 0 Å². The molecule has 0 saturated carbocycles. The molecule has 1 aliphatic rings. The second-order valence-electron chi connectivity index (χ2n) is 5.15. The summed E-state index contributed by atoms with van der Waals surface area (Å²) in [6.07, 6.45) is 4.18. The highest BCUT2D eigenvalue weighted by atomic mass is 15.2. The number of pyridine rings is 1. The molecule has 2 heterocycles. The Morgan fingerprint density at radius 1 is 1.50 bits per heavy atom. The number of hydrogen-bond acceptors (Lipinski definition) is 3. The van der Waals surface area contributed by atoms with Crippen molar-refractivity contribution in [2.75, 3.05) is 6.54 Å². The van der Waals surface area contributed by atoms with Crippen molar-refractivity contribution in [3.63, 3.8) is 0 Å². The smallest absolute Gasteiger partial charge is 0.0544 e. The van der Waals surface area contributed by atoms with Gasteiger partial charge in [0, 0.05) is 24.3 Å². The van der Waals surface area contributed by atoms with Gasteiger partial charge in [-0.3, -0.25) is 9.88 Å². The Morgan fingerprint density at radius 3 is 3.00 bits per heavy atom. The van der Waals surface area contributed by atoms with E-state index in [-0.39, 0.29) is 11.6 Å². The van der Waals surface area contributed by atoms with Crippen molar-refractivity contribution in [1.82, 2.24) is 9.88 Å². The van der Waals surface area contributed by atoms with E-state index in [2.05, 4.69) is 29.8 Å². The van der Waals surface area contributed by atoms with Gasteiger partial charge in [0.05, 0.1) is 5.69 Å². The number of aromatic nitrogens is 1.